The highest BCUT2D eigenvalue weighted by atomic mass is 16.6. The number of carbonyl (C=O) groups is 3. The van der Waals surface area contributed by atoms with Crippen LogP contribution in [0.1, 0.15) is 245 Å². The Bertz CT molecular complexity index is 1100. The van der Waals surface area contributed by atoms with Gasteiger partial charge in [0, 0.05) is 19.3 Å². The highest BCUT2D eigenvalue weighted by molar-refractivity contribution is 5.71. The van der Waals surface area contributed by atoms with Crippen molar-refractivity contribution in [2.24, 2.45) is 0 Å². The first-order valence-corrected chi connectivity index (χ1v) is 25.3. The summed E-state index contributed by atoms with van der Waals surface area (Å²) in [4.78, 5) is 37.9. The van der Waals surface area contributed by atoms with Crippen molar-refractivity contribution in [2.45, 2.75) is 252 Å². The molecular weight excluding hydrogens is 745 g/mol. The molecule has 0 rings (SSSR count). The lowest BCUT2D eigenvalue weighted by Gasteiger charge is -2.18. The molecule has 0 fully saturated rings. The third-order valence-corrected chi connectivity index (χ3v) is 10.8. The van der Waals surface area contributed by atoms with Crippen molar-refractivity contribution in [3.8, 4) is 0 Å². The van der Waals surface area contributed by atoms with E-state index in [1.54, 1.807) is 0 Å². The van der Waals surface area contributed by atoms with Gasteiger partial charge in [0.25, 0.3) is 0 Å². The Morgan fingerprint density at radius 1 is 0.350 bits per heavy atom. The van der Waals surface area contributed by atoms with Crippen LogP contribution in [0.25, 0.3) is 0 Å². The average molecular weight is 839 g/mol. The number of unbranched alkanes of at least 4 members (excludes halogenated alkanes) is 24. The molecule has 0 aromatic rings. The molecule has 0 aliphatic heterocycles. The average Bonchev–Trinajstić information content (AvgIpc) is 3.24. The standard InChI is InChI=1S/C54H94O6/c1-4-7-10-13-16-19-22-24-26-27-29-30-32-35-38-41-44-47-53(56)59-50-51(49-58-52(55)46-43-40-37-34-21-18-15-12-9-6-3)60-54(57)48-45-42-39-36-33-31-28-25-23-20-17-14-11-8-5-2/h8,11,16-17,19-20,24-26,28,51H,4-7,9-10,12-15,18,21-23,27,29-50H2,1-3H3/b11-8-,19-16-,20-17-,26-24-,28-25-/t51-/m1/s1. The number of hydrogen-bond donors (Lipinski definition) is 0. The summed E-state index contributed by atoms with van der Waals surface area (Å²) in [6.07, 6.45) is 59.1. The largest absolute Gasteiger partial charge is 0.462 e. The summed E-state index contributed by atoms with van der Waals surface area (Å²) in [5, 5.41) is 0. The zero-order chi connectivity index (χ0) is 43.7. The zero-order valence-electron chi connectivity index (χ0n) is 39.5. The Hall–Kier alpha value is -2.89. The summed E-state index contributed by atoms with van der Waals surface area (Å²) >= 11 is 0. The van der Waals surface area contributed by atoms with E-state index in [1.165, 1.54) is 96.3 Å². The normalized spacial score (nSPS) is 12.5. The second kappa shape index (κ2) is 48.8. The van der Waals surface area contributed by atoms with Crippen LogP contribution in [0.15, 0.2) is 60.8 Å². The molecule has 0 bridgehead atoms. The molecule has 0 aliphatic rings. The van der Waals surface area contributed by atoms with Crippen molar-refractivity contribution in [1.82, 2.24) is 0 Å². The van der Waals surface area contributed by atoms with E-state index in [9.17, 15) is 14.4 Å². The summed E-state index contributed by atoms with van der Waals surface area (Å²) in [6.45, 7) is 6.47. The van der Waals surface area contributed by atoms with Gasteiger partial charge in [-0.25, -0.2) is 0 Å². The summed E-state index contributed by atoms with van der Waals surface area (Å²) in [6, 6.07) is 0. The van der Waals surface area contributed by atoms with Gasteiger partial charge >= 0.3 is 17.9 Å². The van der Waals surface area contributed by atoms with E-state index in [4.69, 9.17) is 14.2 Å². The molecule has 1 atom stereocenters. The maximum Gasteiger partial charge on any atom is 0.306 e. The van der Waals surface area contributed by atoms with Gasteiger partial charge in [0.15, 0.2) is 6.10 Å². The van der Waals surface area contributed by atoms with E-state index >= 15 is 0 Å². The maximum absolute atomic E-state index is 12.8. The Morgan fingerprint density at radius 2 is 0.650 bits per heavy atom. The molecule has 6 heteroatoms. The Balaban J connectivity index is 4.38. The molecule has 0 spiro atoms. The van der Waals surface area contributed by atoms with Crippen molar-refractivity contribution >= 4 is 17.9 Å². The van der Waals surface area contributed by atoms with Crippen LogP contribution in [0.2, 0.25) is 0 Å². The molecule has 0 heterocycles. The lowest BCUT2D eigenvalue weighted by atomic mass is 10.1. The highest BCUT2D eigenvalue weighted by Gasteiger charge is 2.19. The maximum atomic E-state index is 12.8. The highest BCUT2D eigenvalue weighted by Crippen LogP contribution is 2.14. The van der Waals surface area contributed by atoms with Crippen LogP contribution in [0.3, 0.4) is 0 Å². The van der Waals surface area contributed by atoms with Crippen LogP contribution in [-0.2, 0) is 28.6 Å². The van der Waals surface area contributed by atoms with Crippen molar-refractivity contribution in [3.05, 3.63) is 60.8 Å². The Labute approximate surface area is 370 Å². The van der Waals surface area contributed by atoms with Gasteiger partial charge in [0.1, 0.15) is 13.2 Å². The number of esters is 3. The second-order valence-corrected chi connectivity index (χ2v) is 16.7. The van der Waals surface area contributed by atoms with Crippen LogP contribution in [0, 0.1) is 0 Å². The fourth-order valence-corrected chi connectivity index (χ4v) is 6.96. The van der Waals surface area contributed by atoms with E-state index in [0.717, 1.165) is 109 Å². The van der Waals surface area contributed by atoms with Crippen molar-refractivity contribution in [1.29, 1.82) is 0 Å². The molecular formula is C54H94O6. The minimum absolute atomic E-state index is 0.0825. The van der Waals surface area contributed by atoms with E-state index in [1.807, 2.05) is 0 Å². The topological polar surface area (TPSA) is 78.9 Å². The summed E-state index contributed by atoms with van der Waals surface area (Å²) < 4.78 is 16.8. The van der Waals surface area contributed by atoms with Gasteiger partial charge in [-0.2, -0.15) is 0 Å². The lowest BCUT2D eigenvalue weighted by Crippen LogP contribution is -2.30. The molecule has 6 nitrogen and oxygen atoms in total. The molecule has 0 aliphatic carbocycles. The van der Waals surface area contributed by atoms with Gasteiger partial charge in [0.05, 0.1) is 0 Å². The van der Waals surface area contributed by atoms with E-state index in [2.05, 4.69) is 81.5 Å². The van der Waals surface area contributed by atoms with Gasteiger partial charge in [-0.15, -0.1) is 0 Å². The quantitative estimate of drug-likeness (QED) is 0.0263. The van der Waals surface area contributed by atoms with Crippen LogP contribution < -0.4 is 0 Å². The van der Waals surface area contributed by atoms with Gasteiger partial charge in [-0.3, -0.25) is 14.4 Å². The third kappa shape index (κ3) is 46.2. The number of allylic oxidation sites excluding steroid dienone is 10. The van der Waals surface area contributed by atoms with Crippen molar-refractivity contribution in [3.63, 3.8) is 0 Å². The molecule has 0 saturated heterocycles. The molecule has 0 radical (unpaired) electrons. The number of hydrogen-bond acceptors (Lipinski definition) is 6. The minimum Gasteiger partial charge on any atom is -0.462 e. The molecule has 0 amide bonds. The van der Waals surface area contributed by atoms with Crippen molar-refractivity contribution in [2.75, 3.05) is 13.2 Å². The molecule has 346 valence electrons. The van der Waals surface area contributed by atoms with E-state index in [-0.39, 0.29) is 31.1 Å². The van der Waals surface area contributed by atoms with E-state index in [0.29, 0.717) is 19.3 Å². The first kappa shape index (κ1) is 57.1. The molecule has 60 heavy (non-hydrogen) atoms. The van der Waals surface area contributed by atoms with Crippen LogP contribution >= 0.6 is 0 Å². The van der Waals surface area contributed by atoms with Gasteiger partial charge < -0.3 is 14.2 Å². The molecule has 0 saturated carbocycles. The zero-order valence-corrected chi connectivity index (χ0v) is 39.5. The van der Waals surface area contributed by atoms with Crippen molar-refractivity contribution < 1.29 is 28.6 Å². The lowest BCUT2D eigenvalue weighted by molar-refractivity contribution is -0.167. The monoisotopic (exact) mass is 839 g/mol. The fourth-order valence-electron chi connectivity index (χ4n) is 6.96. The van der Waals surface area contributed by atoms with E-state index < -0.39 is 6.10 Å². The minimum atomic E-state index is -0.783. The second-order valence-electron chi connectivity index (χ2n) is 16.7. The Kier molecular flexibility index (Phi) is 46.4. The SMILES string of the molecule is CC/C=C\C/C=C\C/C=C\CCCCCCCC(=O)O[C@@H](COC(=O)CCCCCCCCC/C=C\C/C=C\CCCCC)COC(=O)CCCCCCCCCCCC. The van der Waals surface area contributed by atoms with Crippen LogP contribution in [0.4, 0.5) is 0 Å². The summed E-state index contributed by atoms with van der Waals surface area (Å²) in [5.74, 6) is -0.906. The van der Waals surface area contributed by atoms with Gasteiger partial charge in [0.2, 0.25) is 0 Å². The first-order chi connectivity index (χ1) is 29.5. The molecule has 0 unspecified atom stereocenters. The first-order valence-electron chi connectivity index (χ1n) is 25.3. The number of rotatable bonds is 45. The third-order valence-electron chi connectivity index (χ3n) is 10.8. The Morgan fingerprint density at radius 3 is 1.05 bits per heavy atom. The van der Waals surface area contributed by atoms with Crippen LogP contribution in [-0.4, -0.2) is 37.2 Å². The fraction of sp³-hybridized carbons (Fsp3) is 0.759. The smallest absolute Gasteiger partial charge is 0.306 e. The predicted molar refractivity (Wildman–Crippen MR) is 256 cm³/mol. The summed E-state index contributed by atoms with van der Waals surface area (Å²) in [7, 11) is 0. The van der Waals surface area contributed by atoms with Gasteiger partial charge in [-0.05, 0) is 83.5 Å². The molecule has 0 aromatic carbocycles. The molecule has 0 aromatic heterocycles. The number of carbonyl (C=O) groups excluding carboxylic acids is 3. The number of ether oxygens (including phenoxy) is 3. The predicted octanol–water partition coefficient (Wildman–Crippen LogP) is 16.5. The molecule has 0 N–H and O–H groups in total. The van der Waals surface area contributed by atoms with Crippen LogP contribution in [0.5, 0.6) is 0 Å². The van der Waals surface area contributed by atoms with Gasteiger partial charge in [-0.1, -0.05) is 204 Å². The summed E-state index contributed by atoms with van der Waals surface area (Å²) in [5.41, 5.74) is 0.